The molecule has 0 radical (unpaired) electrons. The molecule has 94 valence electrons. The molecule has 1 fully saturated rings. The molecule has 16 heavy (non-hydrogen) atoms. The van der Waals surface area contributed by atoms with E-state index < -0.39 is 0 Å². The average molecular weight is 228 g/mol. The molecule has 0 aromatic heterocycles. The molecule has 0 saturated carbocycles. The summed E-state index contributed by atoms with van der Waals surface area (Å²) in [5.74, 6) is 0.102. The number of esters is 1. The van der Waals surface area contributed by atoms with Crippen molar-refractivity contribution in [2.45, 2.75) is 39.3 Å². The summed E-state index contributed by atoms with van der Waals surface area (Å²) in [6.07, 6.45) is 3.40. The van der Waals surface area contributed by atoms with Crippen molar-refractivity contribution in [3.63, 3.8) is 0 Å². The largest absolute Gasteiger partial charge is 0.466 e. The highest BCUT2D eigenvalue weighted by atomic mass is 16.5. The van der Waals surface area contributed by atoms with Crippen molar-refractivity contribution in [3.8, 4) is 0 Å². The number of hydrogen-bond donors (Lipinski definition) is 1. The van der Waals surface area contributed by atoms with Crippen LogP contribution >= 0.6 is 0 Å². The lowest BCUT2D eigenvalue weighted by Crippen LogP contribution is -2.48. The zero-order valence-electron chi connectivity index (χ0n) is 10.7. The van der Waals surface area contributed by atoms with Crippen LogP contribution in [0.5, 0.6) is 0 Å². The summed E-state index contributed by atoms with van der Waals surface area (Å²) in [6, 6.07) is 0. The summed E-state index contributed by atoms with van der Waals surface area (Å²) in [6.45, 7) is 6.51. The Morgan fingerprint density at radius 2 is 2.06 bits per heavy atom. The van der Waals surface area contributed by atoms with Crippen LogP contribution < -0.4 is 5.32 Å². The second kappa shape index (κ2) is 6.86. The van der Waals surface area contributed by atoms with Crippen LogP contribution in [0.4, 0.5) is 0 Å². The second-order valence-electron chi connectivity index (χ2n) is 4.28. The summed E-state index contributed by atoms with van der Waals surface area (Å²) < 4.78 is 5.06. The Labute approximate surface area is 98.3 Å². The number of piperidine rings is 1. The lowest BCUT2D eigenvalue weighted by atomic mass is 9.96. The van der Waals surface area contributed by atoms with Crippen LogP contribution in [0.2, 0.25) is 0 Å². The first-order valence-corrected chi connectivity index (χ1v) is 6.30. The Morgan fingerprint density at radius 1 is 1.44 bits per heavy atom. The van der Waals surface area contributed by atoms with Crippen LogP contribution in [-0.4, -0.2) is 43.8 Å². The summed E-state index contributed by atoms with van der Waals surface area (Å²) in [5.41, 5.74) is 0. The first-order chi connectivity index (χ1) is 7.72. The molecule has 0 spiro atoms. The van der Waals surface area contributed by atoms with Gasteiger partial charge in [0.05, 0.1) is 18.7 Å². The first-order valence-electron chi connectivity index (χ1n) is 6.30. The van der Waals surface area contributed by atoms with Crippen LogP contribution in [-0.2, 0) is 9.53 Å². The molecule has 4 nitrogen and oxygen atoms in total. The second-order valence-corrected chi connectivity index (χ2v) is 4.28. The molecular weight excluding hydrogens is 204 g/mol. The molecule has 1 rings (SSSR count). The van der Waals surface area contributed by atoms with E-state index >= 15 is 0 Å². The van der Waals surface area contributed by atoms with Gasteiger partial charge in [-0.25, -0.2) is 0 Å². The van der Waals surface area contributed by atoms with Crippen molar-refractivity contribution in [3.05, 3.63) is 0 Å². The van der Waals surface area contributed by atoms with E-state index in [0.717, 1.165) is 32.4 Å². The molecule has 1 saturated heterocycles. The summed E-state index contributed by atoms with van der Waals surface area (Å²) >= 11 is 0. The molecular formula is C12H24N2O2. The third kappa shape index (κ3) is 3.46. The maximum atomic E-state index is 11.6. The maximum absolute atomic E-state index is 11.6. The van der Waals surface area contributed by atoms with Crippen LogP contribution in [0, 0.1) is 5.92 Å². The highest BCUT2D eigenvalue weighted by Gasteiger charge is 2.28. The molecule has 0 amide bonds. The van der Waals surface area contributed by atoms with Crippen LogP contribution in [0.25, 0.3) is 0 Å². The quantitative estimate of drug-likeness (QED) is 0.718. The number of ether oxygens (including phenoxy) is 1. The Kier molecular flexibility index (Phi) is 5.77. The summed E-state index contributed by atoms with van der Waals surface area (Å²) in [4.78, 5) is 14.0. The van der Waals surface area contributed by atoms with Crippen molar-refractivity contribution in [1.82, 2.24) is 10.2 Å². The Morgan fingerprint density at radius 3 is 2.50 bits per heavy atom. The van der Waals surface area contributed by atoms with Gasteiger partial charge in [-0.15, -0.1) is 0 Å². The van der Waals surface area contributed by atoms with E-state index in [2.05, 4.69) is 17.1 Å². The first kappa shape index (κ1) is 13.5. The lowest BCUT2D eigenvalue weighted by Gasteiger charge is -2.36. The third-order valence-electron chi connectivity index (χ3n) is 3.31. The molecule has 1 heterocycles. The van der Waals surface area contributed by atoms with Gasteiger partial charge in [0.15, 0.2) is 0 Å². The monoisotopic (exact) mass is 228 g/mol. The lowest BCUT2D eigenvalue weighted by molar-refractivity contribution is -0.149. The normalized spacial score (nSPS) is 20.7. The van der Waals surface area contributed by atoms with Gasteiger partial charge in [0.1, 0.15) is 0 Å². The smallest absolute Gasteiger partial charge is 0.309 e. The molecule has 0 aromatic rings. The van der Waals surface area contributed by atoms with Gasteiger partial charge < -0.3 is 10.1 Å². The van der Waals surface area contributed by atoms with Crippen LogP contribution in [0.3, 0.4) is 0 Å². The summed E-state index contributed by atoms with van der Waals surface area (Å²) in [5, 5.41) is 3.30. The maximum Gasteiger partial charge on any atom is 0.309 e. The van der Waals surface area contributed by atoms with Gasteiger partial charge >= 0.3 is 5.97 Å². The standard InChI is InChI=1S/C12H24N2O2/c1-4-11(13-3)14-8-6-10(7-9-14)12(15)16-5-2/h10-11,13H,4-9H2,1-3H3. The van der Waals surface area contributed by atoms with E-state index in [1.54, 1.807) is 0 Å². The predicted octanol–water partition coefficient (Wildman–Crippen LogP) is 1.22. The molecule has 1 aliphatic heterocycles. The molecule has 1 atom stereocenters. The minimum Gasteiger partial charge on any atom is -0.466 e. The van der Waals surface area contributed by atoms with Gasteiger partial charge in [0.2, 0.25) is 0 Å². The zero-order chi connectivity index (χ0) is 12.0. The van der Waals surface area contributed by atoms with Gasteiger partial charge in [0.25, 0.3) is 0 Å². The molecule has 1 N–H and O–H groups in total. The minimum atomic E-state index is -0.0142. The van der Waals surface area contributed by atoms with E-state index in [4.69, 9.17) is 4.74 Å². The average Bonchev–Trinajstić information content (AvgIpc) is 2.32. The van der Waals surface area contributed by atoms with Crippen molar-refractivity contribution < 1.29 is 9.53 Å². The number of nitrogens with one attached hydrogen (secondary N) is 1. The third-order valence-corrected chi connectivity index (χ3v) is 3.31. The molecule has 0 aliphatic carbocycles. The van der Waals surface area contributed by atoms with E-state index in [-0.39, 0.29) is 11.9 Å². The van der Waals surface area contributed by atoms with Gasteiger partial charge in [-0.3, -0.25) is 9.69 Å². The Balaban J connectivity index is 2.35. The van der Waals surface area contributed by atoms with E-state index in [1.807, 2.05) is 14.0 Å². The van der Waals surface area contributed by atoms with Crippen molar-refractivity contribution in [2.24, 2.45) is 5.92 Å². The van der Waals surface area contributed by atoms with Gasteiger partial charge in [-0.2, -0.15) is 0 Å². The number of hydrogen-bond acceptors (Lipinski definition) is 4. The fourth-order valence-electron chi connectivity index (χ4n) is 2.35. The van der Waals surface area contributed by atoms with Gasteiger partial charge in [-0.05, 0) is 33.2 Å². The van der Waals surface area contributed by atoms with Crippen molar-refractivity contribution in [1.29, 1.82) is 0 Å². The van der Waals surface area contributed by atoms with Crippen molar-refractivity contribution in [2.75, 3.05) is 26.7 Å². The highest BCUT2D eigenvalue weighted by Crippen LogP contribution is 2.20. The fraction of sp³-hybridized carbons (Fsp3) is 0.917. The van der Waals surface area contributed by atoms with E-state index in [9.17, 15) is 4.79 Å². The van der Waals surface area contributed by atoms with Crippen molar-refractivity contribution >= 4 is 5.97 Å². The number of likely N-dealkylation sites (tertiary alicyclic amines) is 1. The van der Waals surface area contributed by atoms with Gasteiger partial charge in [-0.1, -0.05) is 6.92 Å². The topological polar surface area (TPSA) is 41.6 Å². The van der Waals surface area contributed by atoms with Crippen LogP contribution in [0.15, 0.2) is 0 Å². The molecule has 1 aliphatic rings. The van der Waals surface area contributed by atoms with Gasteiger partial charge in [0, 0.05) is 13.1 Å². The Hall–Kier alpha value is -0.610. The molecule has 0 bridgehead atoms. The van der Waals surface area contributed by atoms with E-state index in [1.165, 1.54) is 0 Å². The fourth-order valence-corrected chi connectivity index (χ4v) is 2.35. The number of rotatable bonds is 5. The SMILES string of the molecule is CCOC(=O)C1CCN(C(CC)NC)CC1. The van der Waals surface area contributed by atoms with Crippen LogP contribution in [0.1, 0.15) is 33.1 Å². The number of carbonyl (C=O) groups is 1. The zero-order valence-corrected chi connectivity index (χ0v) is 10.7. The molecule has 0 aromatic carbocycles. The summed E-state index contributed by atoms with van der Waals surface area (Å²) in [7, 11) is 1.99. The molecule has 1 unspecified atom stereocenters. The molecule has 4 heteroatoms. The van der Waals surface area contributed by atoms with E-state index in [0.29, 0.717) is 12.8 Å². The predicted molar refractivity (Wildman–Crippen MR) is 64.1 cm³/mol. The Bertz CT molecular complexity index is 209. The highest BCUT2D eigenvalue weighted by molar-refractivity contribution is 5.72. The minimum absolute atomic E-state index is 0.0142. The number of carbonyl (C=O) groups excluding carboxylic acids is 1. The number of nitrogens with zero attached hydrogens (tertiary/aromatic N) is 1.